The second-order valence-corrected chi connectivity index (χ2v) is 9.70. The fourth-order valence-electron chi connectivity index (χ4n) is 3.31. The van der Waals surface area contributed by atoms with Gasteiger partial charge in [0.2, 0.25) is 0 Å². The van der Waals surface area contributed by atoms with Gasteiger partial charge in [0, 0.05) is 18.0 Å². The molecule has 9 heteroatoms. The van der Waals surface area contributed by atoms with Crippen molar-refractivity contribution in [1.82, 2.24) is 4.90 Å². The Kier molecular flexibility index (Phi) is 9.80. The average molecular weight is 520 g/mol. The van der Waals surface area contributed by atoms with Gasteiger partial charge < -0.3 is 14.6 Å². The van der Waals surface area contributed by atoms with E-state index in [-0.39, 0.29) is 12.3 Å². The Morgan fingerprint density at radius 1 is 1.12 bits per heavy atom. The van der Waals surface area contributed by atoms with Crippen molar-refractivity contribution >= 4 is 57.9 Å². The topological polar surface area (TPSA) is 76.1 Å². The van der Waals surface area contributed by atoms with E-state index in [9.17, 15) is 9.59 Å². The number of hydrogen-bond acceptors (Lipinski definition) is 6. The first-order valence-electron chi connectivity index (χ1n) is 11.0. The molecule has 0 bridgehead atoms. The van der Waals surface area contributed by atoms with Gasteiger partial charge in [-0.15, -0.1) is 0 Å². The van der Waals surface area contributed by atoms with E-state index in [1.54, 1.807) is 11.0 Å². The molecule has 0 saturated carbocycles. The van der Waals surface area contributed by atoms with Gasteiger partial charge in [0.1, 0.15) is 10.9 Å². The van der Waals surface area contributed by atoms with E-state index < -0.39 is 5.97 Å². The van der Waals surface area contributed by atoms with Gasteiger partial charge in [0.25, 0.3) is 5.91 Å². The van der Waals surface area contributed by atoms with Gasteiger partial charge in [-0.3, -0.25) is 14.5 Å². The maximum absolute atomic E-state index is 12.8. The van der Waals surface area contributed by atoms with E-state index in [0.29, 0.717) is 58.3 Å². The van der Waals surface area contributed by atoms with Gasteiger partial charge >= 0.3 is 5.97 Å². The number of thioether (sulfide) groups is 1. The second-order valence-electron chi connectivity index (χ2n) is 7.59. The summed E-state index contributed by atoms with van der Waals surface area (Å²) in [6, 6.07) is 13.0. The number of unbranched alkanes of at least 4 members (excludes halogenated alkanes) is 2. The lowest BCUT2D eigenvalue weighted by molar-refractivity contribution is -0.137. The number of halogens is 1. The summed E-state index contributed by atoms with van der Waals surface area (Å²) in [4.78, 5) is 25.6. The summed E-state index contributed by atoms with van der Waals surface area (Å²) >= 11 is 12.6. The molecular weight excluding hydrogens is 494 g/mol. The third-order valence-corrected chi connectivity index (χ3v) is 6.65. The highest BCUT2D eigenvalue weighted by Crippen LogP contribution is 2.35. The molecule has 6 nitrogen and oxygen atoms in total. The van der Waals surface area contributed by atoms with Gasteiger partial charge in [-0.2, -0.15) is 0 Å². The molecule has 0 aliphatic carbocycles. The number of aliphatic carboxylic acids is 1. The molecule has 1 saturated heterocycles. The van der Waals surface area contributed by atoms with Crippen LogP contribution in [-0.2, 0) is 16.2 Å². The number of amides is 1. The maximum Gasteiger partial charge on any atom is 0.303 e. The first-order valence-corrected chi connectivity index (χ1v) is 12.6. The third-order valence-electron chi connectivity index (χ3n) is 5.02. The Morgan fingerprint density at radius 2 is 1.88 bits per heavy atom. The molecule has 1 N–H and O–H groups in total. The number of carbonyl (C=O) groups excluding carboxylic acids is 1. The van der Waals surface area contributed by atoms with Crippen molar-refractivity contribution < 1.29 is 24.2 Å². The van der Waals surface area contributed by atoms with E-state index in [1.165, 1.54) is 11.8 Å². The number of thiocarbonyl (C=S) groups is 1. The van der Waals surface area contributed by atoms with Crippen LogP contribution in [0.2, 0.25) is 5.02 Å². The van der Waals surface area contributed by atoms with Crippen LogP contribution in [0, 0.1) is 0 Å². The number of carboxylic acid groups (broad SMARTS) is 1. The molecule has 3 rings (SSSR count). The standard InChI is InChI=1S/C25H26ClNO5S2/c1-2-31-21-14-18(9-12-20(21)32-16-17-7-10-19(26)11-8-17)15-22-24(30)27(25(33)34-22)13-5-3-4-6-23(28)29/h7-12,14-15H,2-6,13,16H2,1H3,(H,28,29). The summed E-state index contributed by atoms with van der Waals surface area (Å²) in [5, 5.41) is 9.40. The van der Waals surface area contributed by atoms with Gasteiger partial charge in [0.15, 0.2) is 11.5 Å². The summed E-state index contributed by atoms with van der Waals surface area (Å²) in [5.74, 6) is 0.276. The summed E-state index contributed by atoms with van der Waals surface area (Å²) in [7, 11) is 0. The molecule has 1 aliphatic rings. The Morgan fingerprint density at radius 3 is 2.59 bits per heavy atom. The quantitative estimate of drug-likeness (QED) is 0.204. The number of hydrogen-bond donors (Lipinski definition) is 1. The van der Waals surface area contributed by atoms with Crippen LogP contribution in [0.3, 0.4) is 0 Å². The number of carboxylic acids is 1. The number of rotatable bonds is 12. The maximum atomic E-state index is 12.8. The molecular formula is C25H26ClNO5S2. The van der Waals surface area contributed by atoms with E-state index >= 15 is 0 Å². The van der Waals surface area contributed by atoms with E-state index in [0.717, 1.165) is 17.5 Å². The normalized spacial score (nSPS) is 14.6. The minimum Gasteiger partial charge on any atom is -0.490 e. The van der Waals surface area contributed by atoms with Gasteiger partial charge in [-0.05, 0) is 61.2 Å². The molecule has 34 heavy (non-hydrogen) atoms. The van der Waals surface area contributed by atoms with Crippen molar-refractivity contribution in [2.75, 3.05) is 13.2 Å². The highest BCUT2D eigenvalue weighted by atomic mass is 35.5. The third kappa shape index (κ3) is 7.48. The zero-order chi connectivity index (χ0) is 24.5. The lowest BCUT2D eigenvalue weighted by atomic mass is 10.1. The summed E-state index contributed by atoms with van der Waals surface area (Å²) < 4.78 is 12.2. The van der Waals surface area contributed by atoms with Crippen LogP contribution >= 0.6 is 35.6 Å². The lowest BCUT2D eigenvalue weighted by Crippen LogP contribution is -2.29. The van der Waals surface area contributed by atoms with Crippen molar-refractivity contribution in [2.24, 2.45) is 0 Å². The Balaban J connectivity index is 1.65. The largest absolute Gasteiger partial charge is 0.490 e. The van der Waals surface area contributed by atoms with Crippen molar-refractivity contribution in [3.8, 4) is 11.5 Å². The first kappa shape index (κ1) is 26.1. The zero-order valence-corrected chi connectivity index (χ0v) is 21.2. The van der Waals surface area contributed by atoms with Crippen molar-refractivity contribution in [3.05, 3.63) is 63.5 Å². The Bertz CT molecular complexity index is 1070. The highest BCUT2D eigenvalue weighted by Gasteiger charge is 2.31. The molecule has 1 amide bonds. The molecule has 1 aliphatic heterocycles. The van der Waals surface area contributed by atoms with Gasteiger partial charge in [-0.1, -0.05) is 60.2 Å². The molecule has 0 aromatic heterocycles. The molecule has 180 valence electrons. The fraction of sp³-hybridized carbons (Fsp3) is 0.320. The van der Waals surface area contributed by atoms with Crippen molar-refractivity contribution in [1.29, 1.82) is 0 Å². The number of ether oxygens (including phenoxy) is 2. The average Bonchev–Trinajstić information content (AvgIpc) is 3.06. The van der Waals surface area contributed by atoms with Gasteiger partial charge in [-0.25, -0.2) is 0 Å². The summed E-state index contributed by atoms with van der Waals surface area (Å²) in [5.41, 5.74) is 1.80. The highest BCUT2D eigenvalue weighted by molar-refractivity contribution is 8.26. The molecule has 2 aromatic rings. The van der Waals surface area contributed by atoms with Crippen LogP contribution in [0.25, 0.3) is 6.08 Å². The van der Waals surface area contributed by atoms with E-state index in [4.69, 9.17) is 38.4 Å². The smallest absolute Gasteiger partial charge is 0.303 e. The Hall–Kier alpha value is -2.55. The Labute approximate surface area is 213 Å². The molecule has 1 fully saturated rings. The second kappa shape index (κ2) is 12.8. The number of benzene rings is 2. The number of carbonyl (C=O) groups is 2. The van der Waals surface area contributed by atoms with Crippen LogP contribution in [0.15, 0.2) is 47.4 Å². The van der Waals surface area contributed by atoms with Crippen LogP contribution < -0.4 is 9.47 Å². The summed E-state index contributed by atoms with van der Waals surface area (Å²) in [6.45, 7) is 3.24. The predicted octanol–water partition coefficient (Wildman–Crippen LogP) is 6.16. The number of nitrogens with zero attached hydrogens (tertiary/aromatic N) is 1. The molecule has 0 atom stereocenters. The summed E-state index contributed by atoms with van der Waals surface area (Å²) in [6.07, 6.45) is 3.97. The monoisotopic (exact) mass is 519 g/mol. The molecule has 0 radical (unpaired) electrons. The van der Waals surface area contributed by atoms with Crippen LogP contribution in [0.1, 0.15) is 43.7 Å². The van der Waals surface area contributed by atoms with Gasteiger partial charge in [0.05, 0.1) is 11.5 Å². The van der Waals surface area contributed by atoms with Crippen molar-refractivity contribution in [2.45, 2.75) is 39.2 Å². The molecule has 0 spiro atoms. The van der Waals surface area contributed by atoms with E-state index in [1.807, 2.05) is 49.4 Å². The van der Waals surface area contributed by atoms with Crippen molar-refractivity contribution in [3.63, 3.8) is 0 Å². The van der Waals surface area contributed by atoms with E-state index in [2.05, 4.69) is 0 Å². The molecule has 2 aromatic carbocycles. The van der Waals surface area contributed by atoms with Crippen LogP contribution in [0.5, 0.6) is 11.5 Å². The first-order chi connectivity index (χ1) is 16.4. The minimum absolute atomic E-state index is 0.130. The predicted molar refractivity (Wildman–Crippen MR) is 139 cm³/mol. The molecule has 1 heterocycles. The lowest BCUT2D eigenvalue weighted by Gasteiger charge is -2.14. The van der Waals surface area contributed by atoms with Crippen LogP contribution in [-0.4, -0.2) is 39.4 Å². The minimum atomic E-state index is -0.804. The van der Waals surface area contributed by atoms with Crippen LogP contribution in [0.4, 0.5) is 0 Å². The zero-order valence-electron chi connectivity index (χ0n) is 18.8. The molecule has 0 unspecified atom stereocenters. The fourth-order valence-corrected chi connectivity index (χ4v) is 4.75. The SMILES string of the molecule is CCOc1cc(C=C2SC(=S)N(CCCCCC(=O)O)C2=O)ccc1OCc1ccc(Cl)cc1.